The van der Waals surface area contributed by atoms with Crippen molar-refractivity contribution in [2.45, 2.75) is 12.6 Å². The van der Waals surface area contributed by atoms with Gasteiger partial charge in [-0.25, -0.2) is 0 Å². The number of amides is 2. The molecular formula is C23H29ClN4O3. The van der Waals surface area contributed by atoms with Gasteiger partial charge in [-0.2, -0.15) is 0 Å². The molecule has 7 nitrogen and oxygen atoms in total. The van der Waals surface area contributed by atoms with Gasteiger partial charge < -0.3 is 20.3 Å². The monoisotopic (exact) mass is 444 g/mol. The van der Waals surface area contributed by atoms with Crippen LogP contribution in [0.2, 0.25) is 5.02 Å². The molecule has 8 heteroatoms. The van der Waals surface area contributed by atoms with E-state index < -0.39 is 11.8 Å². The van der Waals surface area contributed by atoms with Crippen molar-refractivity contribution in [3.63, 3.8) is 0 Å². The van der Waals surface area contributed by atoms with E-state index in [1.807, 2.05) is 42.5 Å². The van der Waals surface area contributed by atoms with Crippen molar-refractivity contribution in [2.75, 3.05) is 46.9 Å². The quantitative estimate of drug-likeness (QED) is 0.639. The first-order valence-corrected chi connectivity index (χ1v) is 10.7. The molecule has 1 saturated heterocycles. The number of hydrogen-bond acceptors (Lipinski definition) is 5. The summed E-state index contributed by atoms with van der Waals surface area (Å²) in [6, 6.07) is 15.0. The standard InChI is InChI=1S/C23H29ClN4O3/c1-27-11-13-28(14-12-27)21(17-7-9-19(31-2)10-8-17)16-26-23(30)22(29)25-15-18-5-3-4-6-20(18)24/h3-10,21H,11-16H2,1-2H3,(H,25,29)(H,26,30). The summed E-state index contributed by atoms with van der Waals surface area (Å²) in [4.78, 5) is 29.3. The maximum Gasteiger partial charge on any atom is 0.309 e. The molecule has 3 rings (SSSR count). The topological polar surface area (TPSA) is 73.9 Å². The Labute approximate surface area is 188 Å². The lowest BCUT2D eigenvalue weighted by molar-refractivity contribution is -0.139. The lowest BCUT2D eigenvalue weighted by atomic mass is 10.0. The Kier molecular flexibility index (Phi) is 8.28. The third-order valence-corrected chi connectivity index (χ3v) is 5.91. The molecule has 166 valence electrons. The minimum Gasteiger partial charge on any atom is -0.497 e. The molecule has 0 aromatic heterocycles. The largest absolute Gasteiger partial charge is 0.497 e. The average Bonchev–Trinajstić information content (AvgIpc) is 2.79. The third-order valence-electron chi connectivity index (χ3n) is 5.54. The third kappa shape index (κ3) is 6.43. The second-order valence-electron chi connectivity index (χ2n) is 7.61. The van der Waals surface area contributed by atoms with Crippen LogP contribution in [0.1, 0.15) is 17.2 Å². The highest BCUT2D eigenvalue weighted by Crippen LogP contribution is 2.24. The zero-order chi connectivity index (χ0) is 22.2. The number of carbonyl (C=O) groups is 2. The van der Waals surface area contributed by atoms with Crippen LogP contribution in [0.4, 0.5) is 0 Å². The lowest BCUT2D eigenvalue weighted by Gasteiger charge is -2.38. The summed E-state index contributed by atoms with van der Waals surface area (Å²) >= 11 is 6.11. The fraction of sp³-hybridized carbons (Fsp3) is 0.391. The molecule has 1 aliphatic heterocycles. The molecule has 0 saturated carbocycles. The van der Waals surface area contributed by atoms with Gasteiger partial charge in [-0.3, -0.25) is 14.5 Å². The van der Waals surface area contributed by atoms with Crippen LogP contribution in [0.5, 0.6) is 5.75 Å². The zero-order valence-electron chi connectivity index (χ0n) is 17.9. The second-order valence-corrected chi connectivity index (χ2v) is 8.02. The number of rotatable bonds is 7. The van der Waals surface area contributed by atoms with Gasteiger partial charge in [-0.05, 0) is 36.4 Å². The van der Waals surface area contributed by atoms with Crippen molar-refractivity contribution >= 4 is 23.4 Å². The van der Waals surface area contributed by atoms with Crippen molar-refractivity contribution in [1.82, 2.24) is 20.4 Å². The van der Waals surface area contributed by atoms with Crippen molar-refractivity contribution < 1.29 is 14.3 Å². The van der Waals surface area contributed by atoms with Crippen LogP contribution in [-0.4, -0.2) is 68.5 Å². The maximum absolute atomic E-state index is 12.4. The van der Waals surface area contributed by atoms with E-state index >= 15 is 0 Å². The summed E-state index contributed by atoms with van der Waals surface area (Å²) in [5.74, 6) is -0.546. The van der Waals surface area contributed by atoms with Crippen LogP contribution in [-0.2, 0) is 16.1 Å². The highest BCUT2D eigenvalue weighted by atomic mass is 35.5. The molecule has 1 aliphatic rings. The van der Waals surface area contributed by atoms with Gasteiger partial charge in [0.15, 0.2) is 0 Å². The second kappa shape index (κ2) is 11.1. The summed E-state index contributed by atoms with van der Waals surface area (Å²) in [5.41, 5.74) is 1.83. The number of hydrogen-bond donors (Lipinski definition) is 2. The normalized spacial score (nSPS) is 15.8. The van der Waals surface area contributed by atoms with Gasteiger partial charge in [0, 0.05) is 44.3 Å². The summed E-state index contributed by atoms with van der Waals surface area (Å²) in [6.07, 6.45) is 0. The first-order chi connectivity index (χ1) is 15.0. The fourth-order valence-electron chi connectivity index (χ4n) is 3.58. The molecule has 0 spiro atoms. The number of methoxy groups -OCH3 is 1. The van der Waals surface area contributed by atoms with Gasteiger partial charge in [0.2, 0.25) is 0 Å². The van der Waals surface area contributed by atoms with E-state index in [0.29, 0.717) is 11.6 Å². The van der Waals surface area contributed by atoms with Crippen LogP contribution in [0.3, 0.4) is 0 Å². The Hall–Kier alpha value is -2.61. The van der Waals surface area contributed by atoms with Crippen LogP contribution in [0.25, 0.3) is 0 Å². The van der Waals surface area contributed by atoms with Crippen molar-refractivity contribution in [3.8, 4) is 5.75 Å². The molecule has 2 aromatic rings. The van der Waals surface area contributed by atoms with E-state index in [-0.39, 0.29) is 12.6 Å². The van der Waals surface area contributed by atoms with Crippen LogP contribution >= 0.6 is 11.6 Å². The van der Waals surface area contributed by atoms with E-state index in [9.17, 15) is 9.59 Å². The molecule has 2 N–H and O–H groups in total. The van der Waals surface area contributed by atoms with Gasteiger partial charge in [-0.1, -0.05) is 41.9 Å². The molecule has 1 fully saturated rings. The number of benzene rings is 2. The van der Waals surface area contributed by atoms with Crippen LogP contribution < -0.4 is 15.4 Å². The minimum atomic E-state index is -0.674. The fourth-order valence-corrected chi connectivity index (χ4v) is 3.79. The van der Waals surface area contributed by atoms with Crippen molar-refractivity contribution in [1.29, 1.82) is 0 Å². The smallest absolute Gasteiger partial charge is 0.309 e. The molecule has 2 amide bonds. The maximum atomic E-state index is 12.4. The molecule has 0 bridgehead atoms. The van der Waals surface area contributed by atoms with E-state index in [1.165, 1.54) is 0 Å². The molecule has 1 heterocycles. The number of nitrogens with one attached hydrogen (secondary N) is 2. The van der Waals surface area contributed by atoms with Gasteiger partial charge in [-0.15, -0.1) is 0 Å². The molecule has 0 aliphatic carbocycles. The summed E-state index contributed by atoms with van der Waals surface area (Å²) in [7, 11) is 3.74. The summed E-state index contributed by atoms with van der Waals surface area (Å²) in [5, 5.41) is 5.98. The van der Waals surface area contributed by atoms with Gasteiger partial charge in [0.1, 0.15) is 5.75 Å². The Balaban J connectivity index is 1.61. The molecular weight excluding hydrogens is 416 g/mol. The number of ether oxygens (including phenoxy) is 1. The zero-order valence-corrected chi connectivity index (χ0v) is 18.7. The van der Waals surface area contributed by atoms with Crippen molar-refractivity contribution in [3.05, 3.63) is 64.7 Å². The number of halogens is 1. The Bertz CT molecular complexity index is 883. The SMILES string of the molecule is COc1ccc(C(CNC(=O)C(=O)NCc2ccccc2Cl)N2CCN(C)CC2)cc1. The Morgan fingerprint density at radius 3 is 2.29 bits per heavy atom. The summed E-state index contributed by atoms with van der Waals surface area (Å²) in [6.45, 7) is 4.24. The van der Waals surface area contributed by atoms with Gasteiger partial charge in [0.05, 0.1) is 13.2 Å². The molecule has 0 radical (unpaired) electrons. The van der Waals surface area contributed by atoms with Crippen molar-refractivity contribution in [2.24, 2.45) is 0 Å². The Morgan fingerprint density at radius 2 is 1.65 bits per heavy atom. The molecule has 1 atom stereocenters. The van der Waals surface area contributed by atoms with E-state index in [4.69, 9.17) is 16.3 Å². The number of likely N-dealkylation sites (N-methyl/N-ethyl adjacent to an activating group) is 1. The predicted molar refractivity (Wildman–Crippen MR) is 121 cm³/mol. The first-order valence-electron chi connectivity index (χ1n) is 10.3. The number of piperazine rings is 1. The van der Waals surface area contributed by atoms with Gasteiger partial charge in [0.25, 0.3) is 0 Å². The average molecular weight is 445 g/mol. The van der Waals surface area contributed by atoms with Crippen LogP contribution in [0.15, 0.2) is 48.5 Å². The lowest BCUT2D eigenvalue weighted by Crippen LogP contribution is -2.49. The minimum absolute atomic E-state index is 0.0278. The van der Waals surface area contributed by atoms with E-state index in [2.05, 4.69) is 27.5 Å². The molecule has 1 unspecified atom stereocenters. The highest BCUT2D eigenvalue weighted by molar-refractivity contribution is 6.35. The number of nitrogens with zero attached hydrogens (tertiary/aromatic N) is 2. The predicted octanol–water partition coefficient (Wildman–Crippen LogP) is 2.07. The highest BCUT2D eigenvalue weighted by Gasteiger charge is 2.25. The van der Waals surface area contributed by atoms with Gasteiger partial charge >= 0.3 is 11.8 Å². The summed E-state index contributed by atoms with van der Waals surface area (Å²) < 4.78 is 5.26. The van der Waals surface area contributed by atoms with E-state index in [1.54, 1.807) is 13.2 Å². The number of carbonyl (C=O) groups excluding carboxylic acids is 2. The molecule has 31 heavy (non-hydrogen) atoms. The Morgan fingerprint density at radius 1 is 1.00 bits per heavy atom. The first kappa shape index (κ1) is 23.1. The van der Waals surface area contributed by atoms with Crippen LogP contribution in [0, 0.1) is 0 Å². The van der Waals surface area contributed by atoms with E-state index in [0.717, 1.165) is 43.1 Å². The molecule has 2 aromatic carbocycles.